The molecule has 0 radical (unpaired) electrons. The number of ether oxygens (including phenoxy) is 1. The van der Waals surface area contributed by atoms with Crippen LogP contribution in [0.4, 0.5) is 0 Å². The van der Waals surface area contributed by atoms with Gasteiger partial charge < -0.3 is 14.5 Å². The molecule has 0 saturated heterocycles. The average molecular weight is 611 g/mol. The van der Waals surface area contributed by atoms with Crippen LogP contribution in [0.2, 0.25) is 0 Å². The summed E-state index contributed by atoms with van der Waals surface area (Å²) in [5.74, 6) is 0.609. The lowest BCUT2D eigenvalue weighted by Crippen LogP contribution is -2.52. The Morgan fingerprint density at radius 2 is 1.59 bits per heavy atom. The number of aromatic nitrogens is 4. The average Bonchev–Trinajstić information content (AvgIpc) is 3.13. The molecule has 0 N–H and O–H groups in total. The Morgan fingerprint density at radius 3 is 2.30 bits per heavy atom. The van der Waals surface area contributed by atoms with Crippen molar-refractivity contribution in [3.8, 4) is 17.3 Å². The molecule has 1 atom stereocenters. The lowest BCUT2D eigenvalue weighted by atomic mass is 9.97. The van der Waals surface area contributed by atoms with Crippen molar-refractivity contribution in [1.82, 2.24) is 30.0 Å². The fourth-order valence-electron chi connectivity index (χ4n) is 5.59. The first-order chi connectivity index (χ1) is 22.6. The van der Waals surface area contributed by atoms with Gasteiger partial charge in [0, 0.05) is 56.2 Å². The molecule has 6 rings (SSSR count). The molecule has 2 aromatic heterocycles. The molecule has 0 fully saturated rings. The van der Waals surface area contributed by atoms with Gasteiger partial charge in [0.2, 0.25) is 17.7 Å². The maximum Gasteiger partial charge on any atom is 0.247 e. The van der Waals surface area contributed by atoms with E-state index in [1.807, 2.05) is 71.6 Å². The minimum atomic E-state index is -0.746. The molecule has 3 heterocycles. The maximum absolute atomic E-state index is 14.5. The van der Waals surface area contributed by atoms with Crippen molar-refractivity contribution in [2.24, 2.45) is 0 Å². The molecule has 230 valence electrons. The van der Waals surface area contributed by atoms with Crippen LogP contribution in [-0.4, -0.2) is 61.5 Å². The van der Waals surface area contributed by atoms with Crippen molar-refractivity contribution in [3.05, 3.63) is 143 Å². The molecule has 1 aliphatic rings. The summed E-state index contributed by atoms with van der Waals surface area (Å²) in [5.41, 5.74) is 5.60. The highest BCUT2D eigenvalue weighted by Crippen LogP contribution is 2.24. The molecule has 0 bridgehead atoms. The van der Waals surface area contributed by atoms with Gasteiger partial charge in [-0.2, -0.15) is 0 Å². The third-order valence-electron chi connectivity index (χ3n) is 8.06. The zero-order valence-corrected chi connectivity index (χ0v) is 25.6. The van der Waals surface area contributed by atoms with Gasteiger partial charge >= 0.3 is 0 Å². The Balaban J connectivity index is 1.34. The van der Waals surface area contributed by atoms with E-state index in [-0.39, 0.29) is 18.4 Å². The first kappa shape index (κ1) is 30.3. The summed E-state index contributed by atoms with van der Waals surface area (Å²) in [6.07, 6.45) is 7.62. The van der Waals surface area contributed by atoms with Crippen molar-refractivity contribution >= 4 is 17.9 Å². The van der Waals surface area contributed by atoms with E-state index in [1.54, 1.807) is 41.6 Å². The molecule has 0 unspecified atom stereocenters. The fourth-order valence-corrected chi connectivity index (χ4v) is 5.59. The molecule has 0 aliphatic carbocycles. The zero-order chi connectivity index (χ0) is 31.7. The van der Waals surface area contributed by atoms with E-state index in [9.17, 15) is 9.59 Å². The molecular weight excluding hydrogens is 576 g/mol. The minimum Gasteiger partial charge on any atom is -0.480 e. The summed E-state index contributed by atoms with van der Waals surface area (Å²) in [5, 5.41) is 8.13. The van der Waals surface area contributed by atoms with Crippen molar-refractivity contribution in [3.63, 3.8) is 0 Å². The van der Waals surface area contributed by atoms with E-state index in [4.69, 9.17) is 4.74 Å². The van der Waals surface area contributed by atoms with Gasteiger partial charge in [0.25, 0.3) is 0 Å². The summed E-state index contributed by atoms with van der Waals surface area (Å²) in [7, 11) is 1.52. The van der Waals surface area contributed by atoms with Gasteiger partial charge in [0.15, 0.2) is 5.82 Å². The normalized spacial score (nSPS) is 13.2. The van der Waals surface area contributed by atoms with E-state index in [2.05, 4.69) is 32.3 Å². The van der Waals surface area contributed by atoms with Crippen LogP contribution in [0.3, 0.4) is 0 Å². The number of amides is 2. The van der Waals surface area contributed by atoms with Crippen LogP contribution in [0, 0.1) is 0 Å². The number of rotatable bonds is 10. The van der Waals surface area contributed by atoms with E-state index in [1.165, 1.54) is 18.7 Å². The van der Waals surface area contributed by atoms with Crippen molar-refractivity contribution in [2.45, 2.75) is 32.0 Å². The molecule has 46 heavy (non-hydrogen) atoms. The molecule has 9 nitrogen and oxygen atoms in total. The van der Waals surface area contributed by atoms with Crippen molar-refractivity contribution < 1.29 is 14.3 Å². The second kappa shape index (κ2) is 14.4. The molecule has 1 aliphatic heterocycles. The monoisotopic (exact) mass is 610 g/mol. The fraction of sp³-hybridized carbons (Fsp3) is 0.189. The van der Waals surface area contributed by atoms with E-state index in [0.717, 1.165) is 28.7 Å². The summed E-state index contributed by atoms with van der Waals surface area (Å²) >= 11 is 0. The third-order valence-corrected chi connectivity index (χ3v) is 8.06. The lowest BCUT2D eigenvalue weighted by Gasteiger charge is -2.37. The molecule has 2 amide bonds. The summed E-state index contributed by atoms with van der Waals surface area (Å²) in [6, 6.07) is 30.3. The Kier molecular flexibility index (Phi) is 9.49. The number of benzene rings is 3. The SMILES string of the molecule is COc1ccc(/C=C/C(=O)N(Cc2ccc(-c3ncccn3)cc2)[C@@H](Cc2ccccc2)C(=O)N2CCc3ccccc3C2)nn1. The number of hydrogen-bond acceptors (Lipinski definition) is 7. The third kappa shape index (κ3) is 7.32. The van der Waals surface area contributed by atoms with Gasteiger partial charge in [-0.05, 0) is 46.9 Å². The number of carbonyl (C=O) groups excluding carboxylic acids is 2. The van der Waals surface area contributed by atoms with Gasteiger partial charge in [-0.15, -0.1) is 10.2 Å². The van der Waals surface area contributed by atoms with Crippen LogP contribution < -0.4 is 4.74 Å². The first-order valence-corrected chi connectivity index (χ1v) is 15.2. The van der Waals surface area contributed by atoms with Gasteiger partial charge in [0.05, 0.1) is 12.8 Å². The quantitative estimate of drug-likeness (QED) is 0.201. The predicted molar refractivity (Wildman–Crippen MR) is 175 cm³/mol. The lowest BCUT2D eigenvalue weighted by molar-refractivity contribution is -0.144. The second-order valence-electron chi connectivity index (χ2n) is 11.1. The Labute approximate surface area is 268 Å². The van der Waals surface area contributed by atoms with E-state index in [0.29, 0.717) is 36.9 Å². The van der Waals surface area contributed by atoms with Gasteiger partial charge in [-0.3, -0.25) is 9.59 Å². The Morgan fingerprint density at radius 1 is 0.848 bits per heavy atom. The van der Waals surface area contributed by atoms with Crippen molar-refractivity contribution in [2.75, 3.05) is 13.7 Å². The number of fused-ring (bicyclic) bond motifs is 1. The highest BCUT2D eigenvalue weighted by molar-refractivity contribution is 5.95. The molecule has 5 aromatic rings. The van der Waals surface area contributed by atoms with Crippen LogP contribution in [-0.2, 0) is 35.5 Å². The summed E-state index contributed by atoms with van der Waals surface area (Å²) in [6.45, 7) is 1.32. The maximum atomic E-state index is 14.5. The van der Waals surface area contributed by atoms with Crippen LogP contribution in [0.25, 0.3) is 17.5 Å². The standard InChI is InChI=1S/C37H34N6O3/c1-46-34-18-16-32(40-41-34)17-19-35(44)43(25-28-12-14-30(15-13-28)36-38-21-7-22-39-36)33(24-27-8-3-2-4-9-27)37(45)42-23-20-29-10-5-6-11-31(29)26-42/h2-19,21-22,33H,20,23-26H2,1H3/b19-17+/t33-/m0/s1. The van der Waals surface area contributed by atoms with E-state index < -0.39 is 6.04 Å². The van der Waals surface area contributed by atoms with Crippen LogP contribution in [0.1, 0.15) is 27.9 Å². The zero-order valence-electron chi connectivity index (χ0n) is 25.6. The van der Waals surface area contributed by atoms with Crippen molar-refractivity contribution in [1.29, 1.82) is 0 Å². The van der Waals surface area contributed by atoms with Gasteiger partial charge in [-0.1, -0.05) is 78.9 Å². The second-order valence-corrected chi connectivity index (χ2v) is 11.1. The molecule has 0 spiro atoms. The Bertz CT molecular complexity index is 1800. The number of nitrogens with zero attached hydrogens (tertiary/aromatic N) is 6. The van der Waals surface area contributed by atoms with Crippen LogP contribution in [0.15, 0.2) is 116 Å². The molecule has 9 heteroatoms. The summed E-state index contributed by atoms with van der Waals surface area (Å²) in [4.78, 5) is 40.8. The highest BCUT2D eigenvalue weighted by atomic mass is 16.5. The topological polar surface area (TPSA) is 101 Å². The van der Waals surface area contributed by atoms with Gasteiger partial charge in [0.1, 0.15) is 6.04 Å². The van der Waals surface area contributed by atoms with Crippen LogP contribution >= 0.6 is 0 Å². The van der Waals surface area contributed by atoms with Gasteiger partial charge in [-0.25, -0.2) is 9.97 Å². The molecular formula is C37H34N6O3. The highest BCUT2D eigenvalue weighted by Gasteiger charge is 2.34. The predicted octanol–water partition coefficient (Wildman–Crippen LogP) is 5.18. The number of carbonyl (C=O) groups is 2. The van der Waals surface area contributed by atoms with E-state index >= 15 is 0 Å². The smallest absolute Gasteiger partial charge is 0.247 e. The summed E-state index contributed by atoms with van der Waals surface area (Å²) < 4.78 is 5.11. The first-order valence-electron chi connectivity index (χ1n) is 15.2. The number of hydrogen-bond donors (Lipinski definition) is 0. The Hall–Kier alpha value is -5.70. The largest absolute Gasteiger partial charge is 0.480 e. The minimum absolute atomic E-state index is 0.0846. The molecule has 3 aromatic carbocycles. The molecule has 0 saturated carbocycles. The number of methoxy groups -OCH3 is 1. The van der Waals surface area contributed by atoms with Crippen LogP contribution in [0.5, 0.6) is 5.88 Å².